The molecule has 3 amide bonds. The largest absolute Gasteiger partial charge is 0.465 e. The average Bonchev–Trinajstić information content (AvgIpc) is 2.98. The summed E-state index contributed by atoms with van der Waals surface area (Å²) >= 11 is 0. The number of rotatable bonds is 9. The van der Waals surface area contributed by atoms with Gasteiger partial charge < -0.3 is 31.1 Å². The zero-order valence-electron chi connectivity index (χ0n) is 23.4. The fourth-order valence-corrected chi connectivity index (χ4v) is 6.34. The van der Waals surface area contributed by atoms with Crippen molar-refractivity contribution < 1.29 is 24.2 Å². The molecule has 9 heteroatoms. The van der Waals surface area contributed by atoms with Crippen LogP contribution < -0.4 is 11.1 Å². The molecule has 2 unspecified atom stereocenters. The molecule has 2 aliphatic heterocycles. The summed E-state index contributed by atoms with van der Waals surface area (Å²) < 4.78 is 15.6. The monoisotopic (exact) mass is 554 g/mol. The predicted molar refractivity (Wildman–Crippen MR) is 153 cm³/mol. The second kappa shape index (κ2) is 13.5. The van der Waals surface area contributed by atoms with E-state index >= 15 is 4.39 Å². The lowest BCUT2D eigenvalue weighted by Gasteiger charge is -2.45. The van der Waals surface area contributed by atoms with Gasteiger partial charge in [-0.3, -0.25) is 0 Å². The van der Waals surface area contributed by atoms with E-state index in [-0.39, 0.29) is 24.9 Å². The summed E-state index contributed by atoms with van der Waals surface area (Å²) in [4.78, 5) is 28.3. The fraction of sp³-hybridized carbons (Fsp3) is 0.548. The van der Waals surface area contributed by atoms with Gasteiger partial charge in [0.2, 0.25) is 0 Å². The third-order valence-electron chi connectivity index (χ3n) is 8.70. The van der Waals surface area contributed by atoms with Crippen LogP contribution in [-0.4, -0.2) is 71.4 Å². The Hall–Kier alpha value is -3.17. The number of amides is 3. The van der Waals surface area contributed by atoms with Gasteiger partial charge in [0.15, 0.2) is 0 Å². The lowest BCUT2D eigenvalue weighted by molar-refractivity contribution is -0.0566. The number of hydrogen-bond acceptors (Lipinski definition) is 4. The molecular formula is C31H43FN4O4. The van der Waals surface area contributed by atoms with Crippen LogP contribution in [0.2, 0.25) is 0 Å². The summed E-state index contributed by atoms with van der Waals surface area (Å²) in [5.74, 6) is -0.314. The molecule has 5 N–H and O–H groups in total. The lowest BCUT2D eigenvalue weighted by atomic mass is 9.72. The molecule has 2 heterocycles. The molecule has 40 heavy (non-hydrogen) atoms. The first-order valence-electron chi connectivity index (χ1n) is 14.6. The van der Waals surface area contributed by atoms with Crippen LogP contribution in [0.15, 0.2) is 42.5 Å². The van der Waals surface area contributed by atoms with Crippen LogP contribution >= 0.6 is 0 Å². The maximum Gasteiger partial charge on any atom is 0.404 e. The summed E-state index contributed by atoms with van der Waals surface area (Å²) in [5, 5.41) is 24.0. The number of piperidine rings is 2. The summed E-state index contributed by atoms with van der Waals surface area (Å²) in [7, 11) is 0. The van der Waals surface area contributed by atoms with Gasteiger partial charge in [0.25, 0.3) is 0 Å². The Kier molecular flexibility index (Phi) is 10.0. The first kappa shape index (κ1) is 29.8. The minimum absolute atomic E-state index is 0.0230. The summed E-state index contributed by atoms with van der Waals surface area (Å²) in [6, 6.07) is 12.5. The van der Waals surface area contributed by atoms with Gasteiger partial charge in [-0.25, -0.2) is 14.0 Å². The Morgan fingerprint density at radius 2 is 1.85 bits per heavy atom. The molecule has 2 fully saturated rings. The van der Waals surface area contributed by atoms with Crippen molar-refractivity contribution >= 4 is 12.1 Å². The van der Waals surface area contributed by atoms with E-state index in [1.807, 2.05) is 41.0 Å². The third kappa shape index (κ3) is 6.75. The highest BCUT2D eigenvalue weighted by atomic mass is 19.1. The molecule has 2 aromatic carbocycles. The number of nitrogens with two attached hydrogens (primary N) is 1. The van der Waals surface area contributed by atoms with Crippen LogP contribution in [0.1, 0.15) is 56.6 Å². The maximum absolute atomic E-state index is 15.6. The fourth-order valence-electron chi connectivity index (χ4n) is 6.34. The number of hydrogen-bond donors (Lipinski definition) is 4. The van der Waals surface area contributed by atoms with Crippen LogP contribution in [0, 0.1) is 17.7 Å². The molecule has 0 spiro atoms. The molecule has 4 rings (SSSR count). The average molecular weight is 555 g/mol. The lowest BCUT2D eigenvalue weighted by Crippen LogP contribution is -2.53. The topological polar surface area (TPSA) is 119 Å². The molecule has 2 aliphatic rings. The quantitative estimate of drug-likeness (QED) is 0.332. The van der Waals surface area contributed by atoms with Crippen molar-refractivity contribution in [2.45, 2.75) is 57.5 Å². The molecular weight excluding hydrogens is 511 g/mol. The molecule has 0 aromatic heterocycles. The predicted octanol–water partition coefficient (Wildman–Crippen LogP) is 4.79. The van der Waals surface area contributed by atoms with Gasteiger partial charge in [-0.05, 0) is 80.2 Å². The minimum Gasteiger partial charge on any atom is -0.465 e. The van der Waals surface area contributed by atoms with Gasteiger partial charge in [0, 0.05) is 44.2 Å². The standard InChI is InChI=1S/C31H43FN4O4/c1-2-22-7-3-8-24(19-22)28-26(10-4-11-27(28)32)31(40,14-6-15-34-29(37)38)25-9-5-16-36(21-25)30(39)35-17-12-23(20-33)13-18-35/h3-4,7-8,10-11,19,23,25,34,40H,2,5-6,9,12-18,20-21,33H2,1H3,(H,37,38). The van der Waals surface area contributed by atoms with Gasteiger partial charge in [-0.2, -0.15) is 0 Å². The molecule has 0 saturated carbocycles. The van der Waals surface area contributed by atoms with Crippen LogP contribution in [0.4, 0.5) is 14.0 Å². The van der Waals surface area contributed by atoms with E-state index in [4.69, 9.17) is 10.8 Å². The number of carboxylic acid groups (broad SMARTS) is 1. The highest BCUT2D eigenvalue weighted by Gasteiger charge is 2.43. The maximum atomic E-state index is 15.6. The van der Waals surface area contributed by atoms with Crippen molar-refractivity contribution in [1.82, 2.24) is 15.1 Å². The molecule has 2 aromatic rings. The molecule has 0 radical (unpaired) electrons. The van der Waals surface area contributed by atoms with Crippen LogP contribution in [0.5, 0.6) is 0 Å². The van der Waals surface area contributed by atoms with E-state index in [9.17, 15) is 14.7 Å². The van der Waals surface area contributed by atoms with Crippen molar-refractivity contribution in [2.24, 2.45) is 17.6 Å². The van der Waals surface area contributed by atoms with E-state index in [0.717, 1.165) is 31.2 Å². The van der Waals surface area contributed by atoms with Gasteiger partial charge in [0.05, 0.1) is 5.60 Å². The molecule has 2 saturated heterocycles. The molecule has 2 atom stereocenters. The Morgan fingerprint density at radius 1 is 1.10 bits per heavy atom. The molecule has 218 valence electrons. The third-order valence-corrected chi connectivity index (χ3v) is 8.70. The second-order valence-corrected chi connectivity index (χ2v) is 11.2. The summed E-state index contributed by atoms with van der Waals surface area (Å²) in [6.07, 6.45) is 3.45. The summed E-state index contributed by atoms with van der Waals surface area (Å²) in [5.41, 5.74) is 6.97. The zero-order valence-corrected chi connectivity index (χ0v) is 23.4. The van der Waals surface area contributed by atoms with E-state index in [1.54, 1.807) is 12.1 Å². The van der Waals surface area contributed by atoms with E-state index in [1.165, 1.54) is 6.07 Å². The number of likely N-dealkylation sites (tertiary alicyclic amines) is 2. The van der Waals surface area contributed by atoms with Crippen LogP contribution in [0.3, 0.4) is 0 Å². The van der Waals surface area contributed by atoms with Crippen molar-refractivity contribution in [2.75, 3.05) is 39.3 Å². The number of nitrogens with one attached hydrogen (secondary N) is 1. The van der Waals surface area contributed by atoms with Gasteiger partial charge in [-0.15, -0.1) is 0 Å². The first-order valence-corrected chi connectivity index (χ1v) is 14.6. The zero-order chi connectivity index (χ0) is 28.7. The first-order chi connectivity index (χ1) is 19.3. The second-order valence-electron chi connectivity index (χ2n) is 11.2. The van der Waals surface area contributed by atoms with Crippen molar-refractivity contribution in [3.8, 4) is 11.1 Å². The molecule has 0 aliphatic carbocycles. The van der Waals surface area contributed by atoms with E-state index in [0.29, 0.717) is 68.2 Å². The number of halogens is 1. The number of benzene rings is 2. The minimum atomic E-state index is -1.47. The summed E-state index contributed by atoms with van der Waals surface area (Å²) in [6.45, 7) is 5.15. The number of carbonyl (C=O) groups is 2. The van der Waals surface area contributed by atoms with Crippen molar-refractivity contribution in [1.29, 1.82) is 0 Å². The number of carbonyl (C=O) groups excluding carboxylic acids is 1. The molecule has 8 nitrogen and oxygen atoms in total. The Morgan fingerprint density at radius 3 is 2.55 bits per heavy atom. The van der Waals surface area contributed by atoms with Crippen molar-refractivity contribution in [3.05, 3.63) is 59.4 Å². The number of urea groups is 1. The highest BCUT2D eigenvalue weighted by molar-refractivity contribution is 5.75. The number of aliphatic hydroxyl groups is 1. The van der Waals surface area contributed by atoms with Crippen LogP contribution in [0.25, 0.3) is 11.1 Å². The highest BCUT2D eigenvalue weighted by Crippen LogP contribution is 2.44. The number of nitrogens with zero attached hydrogens (tertiary/aromatic N) is 2. The van der Waals surface area contributed by atoms with Gasteiger partial charge in [-0.1, -0.05) is 43.3 Å². The Balaban J connectivity index is 1.66. The molecule has 0 bridgehead atoms. The van der Waals surface area contributed by atoms with E-state index in [2.05, 4.69) is 5.32 Å². The van der Waals surface area contributed by atoms with E-state index < -0.39 is 17.5 Å². The van der Waals surface area contributed by atoms with Crippen LogP contribution in [-0.2, 0) is 12.0 Å². The normalized spacial score (nSPS) is 19.8. The number of aryl methyl sites for hydroxylation is 1. The van der Waals surface area contributed by atoms with Crippen molar-refractivity contribution in [3.63, 3.8) is 0 Å². The SMILES string of the molecule is CCc1cccc(-c2c(F)cccc2C(O)(CCCNC(=O)O)C2CCCN(C(=O)N3CCC(CN)CC3)C2)c1. The van der Waals surface area contributed by atoms with Gasteiger partial charge in [0.1, 0.15) is 5.82 Å². The Bertz CT molecular complexity index is 1170. The Labute approximate surface area is 236 Å². The smallest absolute Gasteiger partial charge is 0.404 e. The van der Waals surface area contributed by atoms with Gasteiger partial charge >= 0.3 is 12.1 Å².